The molecule has 0 aliphatic heterocycles. The van der Waals surface area contributed by atoms with E-state index in [-0.39, 0.29) is 18.9 Å². The second kappa shape index (κ2) is 28.6. The highest BCUT2D eigenvalue weighted by Gasteiger charge is 2.21. The van der Waals surface area contributed by atoms with Crippen molar-refractivity contribution in [2.45, 2.75) is 38.6 Å². The summed E-state index contributed by atoms with van der Waals surface area (Å²) in [6.45, 7) is 8.68. The summed E-state index contributed by atoms with van der Waals surface area (Å²) in [7, 11) is 3.14. The Balaban J connectivity index is 0.959. The maximum Gasteiger partial charge on any atom is 0.332 e. The number of aromatic amines is 1. The normalized spacial score (nSPS) is 13.6. The van der Waals surface area contributed by atoms with Gasteiger partial charge in [0, 0.05) is 32.3 Å². The number of benzene rings is 1. The zero-order valence-electron chi connectivity index (χ0n) is 34.2. The van der Waals surface area contributed by atoms with Gasteiger partial charge in [-0.2, -0.15) is 0 Å². The monoisotopic (exact) mass is 818 g/mol. The molecule has 0 spiro atoms. The number of esters is 1. The molecule has 1 N–H and O–H groups in total. The van der Waals surface area contributed by atoms with Crippen LogP contribution < -0.4 is 11.2 Å². The van der Waals surface area contributed by atoms with Crippen LogP contribution in [-0.4, -0.2) is 151 Å². The summed E-state index contributed by atoms with van der Waals surface area (Å²) in [4.78, 5) is 46.0. The molecule has 0 bridgehead atoms. The summed E-state index contributed by atoms with van der Waals surface area (Å²) in [5.74, 6) is 0.404. The van der Waals surface area contributed by atoms with Crippen molar-refractivity contribution in [3.8, 4) is 11.4 Å². The number of nitrogens with zero attached hydrogens (tertiary/aromatic N) is 3. The van der Waals surface area contributed by atoms with Crippen molar-refractivity contribution in [1.29, 1.82) is 0 Å². The van der Waals surface area contributed by atoms with Gasteiger partial charge in [0.05, 0.1) is 112 Å². The van der Waals surface area contributed by atoms with E-state index in [2.05, 4.69) is 9.97 Å². The number of rotatable bonds is 32. The van der Waals surface area contributed by atoms with Crippen molar-refractivity contribution >= 4 is 23.2 Å². The van der Waals surface area contributed by atoms with Crippen LogP contribution >= 0.6 is 0 Å². The van der Waals surface area contributed by atoms with Crippen LogP contribution in [0.2, 0.25) is 0 Å². The van der Waals surface area contributed by atoms with Crippen LogP contribution in [0.5, 0.6) is 0 Å². The molecule has 3 aromatic rings. The molecule has 0 atom stereocenters. The van der Waals surface area contributed by atoms with Gasteiger partial charge in [-0.1, -0.05) is 43.5 Å². The molecular formula is C41H62N4O13. The Morgan fingerprint density at radius 2 is 1.16 bits per heavy atom. The van der Waals surface area contributed by atoms with Crippen molar-refractivity contribution in [1.82, 2.24) is 19.1 Å². The molecular weight excluding hydrogens is 756 g/mol. The molecule has 17 heteroatoms. The molecule has 4 rings (SSSR count). The third-order valence-electron chi connectivity index (χ3n) is 9.25. The Kier molecular flexibility index (Phi) is 23.1. The predicted octanol–water partition coefficient (Wildman–Crippen LogP) is 3.01. The van der Waals surface area contributed by atoms with E-state index >= 15 is 0 Å². The number of methoxy groups -OCH3 is 1. The molecule has 17 nitrogen and oxygen atoms in total. The van der Waals surface area contributed by atoms with Crippen molar-refractivity contribution < 1.29 is 52.2 Å². The number of aromatic nitrogens is 4. The minimum Gasteiger partial charge on any atom is -0.460 e. The van der Waals surface area contributed by atoms with E-state index in [0.29, 0.717) is 135 Å². The molecule has 1 fully saturated rings. The molecule has 324 valence electrons. The molecule has 2 aromatic heterocycles. The maximum atomic E-state index is 13.0. The zero-order valence-corrected chi connectivity index (χ0v) is 34.2. The first-order valence-electron chi connectivity index (χ1n) is 20.2. The molecule has 0 amide bonds. The number of fused-ring (bicyclic) bond motifs is 1. The molecule has 1 aromatic carbocycles. The summed E-state index contributed by atoms with van der Waals surface area (Å²) in [6, 6.07) is 7.36. The number of imidazole rings is 1. The Morgan fingerprint density at radius 1 is 0.690 bits per heavy atom. The van der Waals surface area contributed by atoms with Gasteiger partial charge < -0.3 is 52.4 Å². The third kappa shape index (κ3) is 17.6. The fourth-order valence-corrected chi connectivity index (χ4v) is 6.11. The van der Waals surface area contributed by atoms with E-state index in [1.54, 1.807) is 17.8 Å². The number of nitrogens with one attached hydrogen (secondary N) is 1. The maximum absolute atomic E-state index is 13.0. The minimum atomic E-state index is -0.485. The quantitative estimate of drug-likeness (QED) is 0.0552. The average molecular weight is 819 g/mol. The summed E-state index contributed by atoms with van der Waals surface area (Å²) >= 11 is 0. The van der Waals surface area contributed by atoms with Gasteiger partial charge in [-0.3, -0.25) is 13.9 Å². The molecule has 58 heavy (non-hydrogen) atoms. The number of hydrogen-bond donors (Lipinski definition) is 1. The third-order valence-corrected chi connectivity index (χ3v) is 9.25. The number of hydrogen-bond acceptors (Lipinski definition) is 14. The van der Waals surface area contributed by atoms with E-state index in [0.717, 1.165) is 41.4 Å². The van der Waals surface area contributed by atoms with Gasteiger partial charge in [-0.25, -0.2) is 14.6 Å². The van der Waals surface area contributed by atoms with E-state index in [1.807, 2.05) is 24.3 Å². The zero-order chi connectivity index (χ0) is 41.0. The number of H-pyrrole nitrogens is 1. The lowest BCUT2D eigenvalue weighted by atomic mass is 9.89. The minimum absolute atomic E-state index is 0.115. The smallest absolute Gasteiger partial charge is 0.332 e. The van der Waals surface area contributed by atoms with Crippen LogP contribution in [0.3, 0.4) is 0 Å². The fourth-order valence-electron chi connectivity index (χ4n) is 6.11. The second-order valence-corrected chi connectivity index (χ2v) is 13.6. The fraction of sp³-hybridized carbons (Fsp3) is 0.659. The first kappa shape index (κ1) is 46.9. The lowest BCUT2D eigenvalue weighted by molar-refractivity contribution is -0.139. The predicted molar refractivity (Wildman–Crippen MR) is 216 cm³/mol. The SMILES string of the molecule is COCCOCCOCCOCCOCCOCCOCCOCCOCCOC(=O)/C=C/c1ccc(-c2nc3c([nH]2)c(=O)n(C)c(=O)n3CC2CCCCC2)cc1. The molecule has 2 heterocycles. The van der Waals surface area contributed by atoms with Crippen LogP contribution in [0.1, 0.15) is 37.7 Å². The van der Waals surface area contributed by atoms with Crippen molar-refractivity contribution in [2.75, 3.05) is 126 Å². The van der Waals surface area contributed by atoms with Crippen molar-refractivity contribution in [2.24, 2.45) is 13.0 Å². The number of carbonyl (C=O) groups excluding carboxylic acids is 1. The van der Waals surface area contributed by atoms with Gasteiger partial charge in [0.15, 0.2) is 5.65 Å². The van der Waals surface area contributed by atoms with Crippen LogP contribution in [-0.2, 0) is 65.8 Å². The molecule has 0 radical (unpaired) electrons. The van der Waals surface area contributed by atoms with Crippen LogP contribution in [0.25, 0.3) is 28.6 Å². The van der Waals surface area contributed by atoms with Gasteiger partial charge in [0.1, 0.15) is 17.9 Å². The van der Waals surface area contributed by atoms with Crippen molar-refractivity contribution in [3.63, 3.8) is 0 Å². The lowest BCUT2D eigenvalue weighted by Gasteiger charge is -2.22. The van der Waals surface area contributed by atoms with Crippen LogP contribution in [0, 0.1) is 5.92 Å². The standard InChI is InChI=1S/C41H62N4O13/c1-44-40(47)37-39(45(41(44)48)32-34-6-4-3-5-7-34)43-38(42-37)35-11-8-33(9-12-35)10-13-36(46)58-31-30-57-29-28-56-27-26-55-25-24-54-23-22-53-21-20-52-19-18-51-17-16-50-15-14-49-2/h8-13,34H,3-7,14-32H2,1-2H3,(H,42,43)/b13-10+. The van der Waals surface area contributed by atoms with Gasteiger partial charge in [-0.05, 0) is 30.4 Å². The molecule has 0 saturated heterocycles. The average Bonchev–Trinajstić information content (AvgIpc) is 3.69. The first-order valence-corrected chi connectivity index (χ1v) is 20.2. The molecule has 1 aliphatic rings. The van der Waals surface area contributed by atoms with E-state index in [1.165, 1.54) is 19.5 Å². The van der Waals surface area contributed by atoms with Gasteiger partial charge in [-0.15, -0.1) is 0 Å². The highest BCUT2D eigenvalue weighted by molar-refractivity contribution is 5.87. The topological polar surface area (TPSA) is 182 Å². The molecule has 1 aliphatic carbocycles. The summed E-state index contributed by atoms with van der Waals surface area (Å²) in [5.41, 5.74) is 1.48. The Hall–Kier alpha value is -3.78. The number of carbonyl (C=O) groups is 1. The largest absolute Gasteiger partial charge is 0.460 e. The highest BCUT2D eigenvalue weighted by Crippen LogP contribution is 2.26. The van der Waals surface area contributed by atoms with E-state index < -0.39 is 11.5 Å². The Bertz CT molecular complexity index is 1720. The summed E-state index contributed by atoms with van der Waals surface area (Å²) < 4.78 is 56.4. The van der Waals surface area contributed by atoms with Gasteiger partial charge >= 0.3 is 11.7 Å². The lowest BCUT2D eigenvalue weighted by Crippen LogP contribution is -2.39. The van der Waals surface area contributed by atoms with E-state index in [9.17, 15) is 14.4 Å². The summed E-state index contributed by atoms with van der Waals surface area (Å²) in [5, 5.41) is 0. The first-order chi connectivity index (χ1) is 28.5. The molecule has 1 saturated carbocycles. The Labute approximate surface area is 339 Å². The van der Waals surface area contributed by atoms with Gasteiger partial charge in [0.25, 0.3) is 5.56 Å². The Morgan fingerprint density at radius 3 is 1.64 bits per heavy atom. The second-order valence-electron chi connectivity index (χ2n) is 13.6. The van der Waals surface area contributed by atoms with Gasteiger partial charge in [0.2, 0.25) is 0 Å². The van der Waals surface area contributed by atoms with E-state index in [4.69, 9.17) is 47.4 Å². The number of ether oxygens (including phenoxy) is 10. The summed E-state index contributed by atoms with van der Waals surface area (Å²) in [6.07, 6.45) is 8.68. The van der Waals surface area contributed by atoms with Crippen molar-refractivity contribution in [3.05, 3.63) is 56.7 Å². The van der Waals surface area contributed by atoms with Crippen LogP contribution in [0.4, 0.5) is 0 Å². The highest BCUT2D eigenvalue weighted by atomic mass is 16.6. The van der Waals surface area contributed by atoms with Crippen LogP contribution in [0.15, 0.2) is 39.9 Å². The molecule has 0 unspecified atom stereocenters.